The Hall–Kier alpha value is -3.97. The fourth-order valence-corrected chi connectivity index (χ4v) is 2.63. The van der Waals surface area contributed by atoms with E-state index in [1.165, 1.54) is 17.1 Å². The molecule has 4 N–H and O–H groups in total. The lowest BCUT2D eigenvalue weighted by molar-refractivity contribution is -0.118. The highest BCUT2D eigenvalue weighted by Crippen LogP contribution is 2.27. The van der Waals surface area contributed by atoms with Crippen molar-refractivity contribution in [1.29, 1.82) is 5.26 Å². The molecule has 11 heteroatoms. The number of aromatic nitrogens is 4. The van der Waals surface area contributed by atoms with E-state index in [2.05, 4.69) is 25.7 Å². The third-order valence-corrected chi connectivity index (χ3v) is 3.98. The summed E-state index contributed by atoms with van der Waals surface area (Å²) in [6, 6.07) is 8.47. The molecule has 10 nitrogen and oxygen atoms in total. The van der Waals surface area contributed by atoms with Gasteiger partial charge in [-0.2, -0.15) is 10.4 Å². The highest BCUT2D eigenvalue weighted by molar-refractivity contribution is 6.32. The normalized spacial score (nSPS) is 10.2. The van der Waals surface area contributed by atoms with E-state index in [1.807, 2.05) is 6.07 Å². The van der Waals surface area contributed by atoms with Crippen LogP contribution in [0.3, 0.4) is 0 Å². The maximum atomic E-state index is 11.9. The lowest BCUT2D eigenvalue weighted by atomic mass is 10.1. The summed E-state index contributed by atoms with van der Waals surface area (Å²) in [6.07, 6.45) is 4.56. The summed E-state index contributed by atoms with van der Waals surface area (Å²) in [4.78, 5) is 31.4. The van der Waals surface area contributed by atoms with Gasteiger partial charge in [0.25, 0.3) is 5.91 Å². The van der Waals surface area contributed by atoms with Crippen LogP contribution in [0, 0.1) is 11.3 Å². The Kier molecular flexibility index (Phi) is 6.01. The minimum atomic E-state index is -0.505. The molecule has 0 bridgehead atoms. The van der Waals surface area contributed by atoms with Gasteiger partial charge in [0.2, 0.25) is 11.9 Å². The van der Waals surface area contributed by atoms with Crippen molar-refractivity contribution < 1.29 is 9.59 Å². The second kappa shape index (κ2) is 8.81. The number of hydrogen-bond acceptors (Lipinski definition) is 7. The van der Waals surface area contributed by atoms with Gasteiger partial charge < -0.3 is 16.4 Å². The van der Waals surface area contributed by atoms with Crippen molar-refractivity contribution in [3.05, 3.63) is 53.4 Å². The van der Waals surface area contributed by atoms with Gasteiger partial charge in [0.15, 0.2) is 0 Å². The van der Waals surface area contributed by atoms with Gasteiger partial charge in [0, 0.05) is 17.3 Å². The highest BCUT2D eigenvalue weighted by atomic mass is 35.5. The zero-order chi connectivity index (χ0) is 20.8. The summed E-state index contributed by atoms with van der Waals surface area (Å²) in [5, 5.41) is 18.3. The lowest BCUT2D eigenvalue weighted by Gasteiger charge is -2.08. The van der Waals surface area contributed by atoms with Gasteiger partial charge in [0.05, 0.1) is 34.9 Å². The summed E-state index contributed by atoms with van der Waals surface area (Å²) < 4.78 is 1.39. The number of amides is 2. The monoisotopic (exact) mass is 410 g/mol. The van der Waals surface area contributed by atoms with Gasteiger partial charge in [-0.05, 0) is 12.1 Å². The molecule has 0 aliphatic heterocycles. The fraction of sp³-hybridized carbons (Fsp3) is 0.111. The van der Waals surface area contributed by atoms with Crippen LogP contribution in [0.15, 0.2) is 42.9 Å². The molecule has 0 saturated carbocycles. The first-order valence-electron chi connectivity index (χ1n) is 8.32. The Labute approximate surface area is 170 Å². The van der Waals surface area contributed by atoms with Crippen LogP contribution < -0.4 is 16.4 Å². The average molecular weight is 411 g/mol. The van der Waals surface area contributed by atoms with Gasteiger partial charge in [-0.25, -0.2) is 9.97 Å². The zero-order valence-corrected chi connectivity index (χ0v) is 15.7. The SMILES string of the molecule is N#CCNC(=O)c1ccc(-c2nc(Nc3cnn(CC(N)=O)c3)ncc2Cl)cc1. The predicted octanol–water partition coefficient (Wildman–Crippen LogP) is 1.48. The number of primary amides is 1. The summed E-state index contributed by atoms with van der Waals surface area (Å²) in [5.74, 6) is -0.574. The first kappa shape index (κ1) is 19.8. The van der Waals surface area contributed by atoms with Crippen LogP contribution >= 0.6 is 11.6 Å². The second-order valence-corrected chi connectivity index (χ2v) is 6.23. The van der Waals surface area contributed by atoms with Crippen molar-refractivity contribution in [2.45, 2.75) is 6.54 Å². The third-order valence-electron chi connectivity index (χ3n) is 3.70. The smallest absolute Gasteiger partial charge is 0.252 e. The predicted molar refractivity (Wildman–Crippen MR) is 105 cm³/mol. The van der Waals surface area contributed by atoms with Crippen molar-refractivity contribution in [1.82, 2.24) is 25.1 Å². The van der Waals surface area contributed by atoms with Gasteiger partial charge >= 0.3 is 0 Å². The fourth-order valence-electron chi connectivity index (χ4n) is 2.43. The van der Waals surface area contributed by atoms with E-state index in [0.29, 0.717) is 27.5 Å². The van der Waals surface area contributed by atoms with E-state index in [-0.39, 0.29) is 24.9 Å². The molecule has 0 atom stereocenters. The average Bonchev–Trinajstić information content (AvgIpc) is 3.13. The van der Waals surface area contributed by atoms with Crippen molar-refractivity contribution in [3.63, 3.8) is 0 Å². The Morgan fingerprint density at radius 1 is 1.24 bits per heavy atom. The Morgan fingerprint density at radius 2 is 2.00 bits per heavy atom. The molecule has 0 saturated heterocycles. The Bertz CT molecular complexity index is 1090. The van der Waals surface area contributed by atoms with Gasteiger partial charge in [-0.15, -0.1) is 0 Å². The molecule has 0 aliphatic carbocycles. The number of anilines is 2. The molecule has 2 heterocycles. The molecule has 0 fully saturated rings. The van der Waals surface area contributed by atoms with Crippen LogP contribution in [0.4, 0.5) is 11.6 Å². The minimum absolute atomic E-state index is 0.0390. The van der Waals surface area contributed by atoms with Crippen molar-refractivity contribution in [3.8, 4) is 17.3 Å². The molecule has 2 aromatic heterocycles. The van der Waals surface area contributed by atoms with E-state index in [9.17, 15) is 9.59 Å². The molecular formula is C18H15ClN8O2. The number of benzene rings is 1. The van der Waals surface area contributed by atoms with E-state index in [0.717, 1.165) is 0 Å². The molecule has 3 aromatic rings. The maximum Gasteiger partial charge on any atom is 0.252 e. The second-order valence-electron chi connectivity index (χ2n) is 5.83. The van der Waals surface area contributed by atoms with E-state index in [1.54, 1.807) is 30.5 Å². The Morgan fingerprint density at radius 3 is 2.69 bits per heavy atom. The van der Waals surface area contributed by atoms with Crippen molar-refractivity contribution in [2.75, 3.05) is 11.9 Å². The number of nitrogens with zero attached hydrogens (tertiary/aromatic N) is 5. The molecule has 0 aliphatic rings. The first-order chi connectivity index (χ1) is 14.0. The Balaban J connectivity index is 1.78. The number of nitrogens with two attached hydrogens (primary N) is 1. The van der Waals surface area contributed by atoms with Gasteiger partial charge in [-0.1, -0.05) is 23.7 Å². The van der Waals surface area contributed by atoms with Gasteiger partial charge in [0.1, 0.15) is 13.1 Å². The van der Waals surface area contributed by atoms with Crippen LogP contribution in [0.2, 0.25) is 5.02 Å². The number of halogens is 1. The number of rotatable bonds is 7. The van der Waals surface area contributed by atoms with Crippen LogP contribution in [0.25, 0.3) is 11.3 Å². The maximum absolute atomic E-state index is 11.9. The molecule has 0 spiro atoms. The van der Waals surface area contributed by atoms with E-state index < -0.39 is 5.91 Å². The lowest BCUT2D eigenvalue weighted by Crippen LogP contribution is -2.23. The zero-order valence-electron chi connectivity index (χ0n) is 15.0. The van der Waals surface area contributed by atoms with Crippen molar-refractivity contribution >= 4 is 35.1 Å². The largest absolute Gasteiger partial charge is 0.368 e. The van der Waals surface area contributed by atoms with Crippen LogP contribution in [0.1, 0.15) is 10.4 Å². The minimum Gasteiger partial charge on any atom is -0.368 e. The standard InChI is InChI=1S/C18H15ClN8O2/c19-14-8-23-18(25-13-7-24-27(9-13)10-15(21)28)26-16(14)11-1-3-12(4-2-11)17(29)22-6-5-20/h1-4,7-9H,6,10H2,(H2,21,28)(H,22,29)(H,23,25,26). The molecule has 2 amide bonds. The number of carbonyl (C=O) groups excluding carboxylic acids is 2. The number of nitrogens with one attached hydrogen (secondary N) is 2. The third kappa shape index (κ3) is 5.06. The topological polar surface area (TPSA) is 152 Å². The van der Waals surface area contributed by atoms with Crippen LogP contribution in [0.5, 0.6) is 0 Å². The summed E-state index contributed by atoms with van der Waals surface area (Å²) in [7, 11) is 0. The quantitative estimate of drug-likeness (QED) is 0.498. The molecule has 29 heavy (non-hydrogen) atoms. The summed E-state index contributed by atoms with van der Waals surface area (Å²) >= 11 is 6.23. The molecule has 0 radical (unpaired) electrons. The molecule has 1 aromatic carbocycles. The number of nitriles is 1. The molecule has 3 rings (SSSR count). The summed E-state index contributed by atoms with van der Waals surface area (Å²) in [5.41, 5.74) is 7.28. The van der Waals surface area contributed by atoms with Crippen LogP contribution in [-0.2, 0) is 11.3 Å². The van der Waals surface area contributed by atoms with E-state index >= 15 is 0 Å². The number of hydrogen-bond donors (Lipinski definition) is 3. The number of carbonyl (C=O) groups is 2. The van der Waals surface area contributed by atoms with Crippen molar-refractivity contribution in [2.24, 2.45) is 5.73 Å². The highest BCUT2D eigenvalue weighted by Gasteiger charge is 2.11. The van der Waals surface area contributed by atoms with Gasteiger partial charge in [-0.3, -0.25) is 14.3 Å². The first-order valence-corrected chi connectivity index (χ1v) is 8.70. The molecule has 146 valence electrons. The summed E-state index contributed by atoms with van der Waals surface area (Å²) in [6.45, 7) is -0.105. The van der Waals surface area contributed by atoms with E-state index in [4.69, 9.17) is 22.6 Å². The molecule has 0 unspecified atom stereocenters. The molecular weight excluding hydrogens is 396 g/mol. The van der Waals surface area contributed by atoms with Crippen LogP contribution in [-0.4, -0.2) is 38.1 Å².